The highest BCUT2D eigenvalue weighted by atomic mass is 15.4. The van der Waals surface area contributed by atoms with Crippen LogP contribution in [0.15, 0.2) is 301 Å². The number of benzene rings is 12. The van der Waals surface area contributed by atoms with Crippen LogP contribution in [0.25, 0.3) is 43.1 Å². The second kappa shape index (κ2) is 24.9. The molecular weight excluding hydrogens is 1030 g/mol. The third-order valence-electron chi connectivity index (χ3n) is 14.8. The normalized spacial score (nSPS) is 12.0. The number of hydrogen-bond donors (Lipinski definition) is 0. The Labute approximate surface area is 491 Å². The zero-order valence-electron chi connectivity index (χ0n) is 47.5. The monoisotopic (exact) mass is 1090 g/mol. The van der Waals surface area contributed by atoms with Crippen LogP contribution in [0.5, 0.6) is 0 Å². The quantitative estimate of drug-likeness (QED) is 0.0793. The first-order valence-corrected chi connectivity index (χ1v) is 28.7. The lowest BCUT2D eigenvalue weighted by Crippen LogP contribution is -2.32. The molecule has 12 aromatic carbocycles. The molecule has 0 amide bonds. The summed E-state index contributed by atoms with van der Waals surface area (Å²) in [6, 6.07) is 101. The van der Waals surface area contributed by atoms with Crippen molar-refractivity contribution in [3.05, 3.63) is 297 Å². The zero-order valence-corrected chi connectivity index (χ0v) is 47.5. The number of rotatable bonds is 14. The molecule has 0 saturated carbocycles. The minimum atomic E-state index is -0.475. The number of fused-ring (bicyclic) bond motifs is 4. The Balaban J connectivity index is 0.00000344. The third-order valence-corrected chi connectivity index (χ3v) is 14.8. The van der Waals surface area contributed by atoms with Crippen LogP contribution in [0, 0.1) is 0 Å². The van der Waals surface area contributed by atoms with E-state index in [1.165, 1.54) is 0 Å². The fourth-order valence-electron chi connectivity index (χ4n) is 11.1. The minimum Gasteiger partial charge on any atom is -0.318 e. The highest BCUT2D eigenvalue weighted by Crippen LogP contribution is 2.42. The van der Waals surface area contributed by atoms with Crippen molar-refractivity contribution in [1.82, 2.24) is 15.0 Å². The number of aromatic nitrogens is 3. The summed E-state index contributed by atoms with van der Waals surface area (Å²) < 4.78 is 0. The topological polar surface area (TPSA) is 76.3 Å². The molecule has 13 rings (SSSR count). The van der Waals surface area contributed by atoms with E-state index in [9.17, 15) is 0 Å². The highest BCUT2D eigenvalue weighted by molar-refractivity contribution is 6.13. The summed E-state index contributed by atoms with van der Waals surface area (Å²) in [7, 11) is 0. The zero-order chi connectivity index (χ0) is 57.2. The van der Waals surface area contributed by atoms with Gasteiger partial charge in [0, 0.05) is 56.4 Å². The molecular formula is C75H63N9. The number of aliphatic imine (C=N–C) groups is 2. The van der Waals surface area contributed by atoms with Crippen molar-refractivity contribution in [3.8, 4) is 0 Å². The molecule has 1 atom stereocenters. The first kappa shape index (κ1) is 53.9. The van der Waals surface area contributed by atoms with Gasteiger partial charge in [-0.15, -0.1) is 0 Å². The molecule has 0 spiro atoms. The molecule has 0 bridgehead atoms. The first-order chi connectivity index (χ1) is 41.5. The van der Waals surface area contributed by atoms with Gasteiger partial charge in [-0.3, -0.25) is 14.7 Å². The lowest BCUT2D eigenvalue weighted by atomic mass is 10.1. The van der Waals surface area contributed by atoms with Crippen molar-refractivity contribution in [2.75, 3.05) is 19.6 Å². The van der Waals surface area contributed by atoms with E-state index >= 15 is 0 Å². The van der Waals surface area contributed by atoms with E-state index in [1.807, 2.05) is 32.0 Å². The number of nitrogens with zero attached hydrogens (tertiary/aromatic N) is 9. The Morgan fingerprint density at radius 1 is 0.357 bits per heavy atom. The third kappa shape index (κ3) is 11.2. The van der Waals surface area contributed by atoms with Crippen LogP contribution in [0.3, 0.4) is 0 Å². The summed E-state index contributed by atoms with van der Waals surface area (Å²) in [6.45, 7) is 8.20. The van der Waals surface area contributed by atoms with Crippen LogP contribution in [0.1, 0.15) is 33.5 Å². The van der Waals surface area contributed by atoms with Crippen molar-refractivity contribution < 1.29 is 0 Å². The number of anilines is 10. The Morgan fingerprint density at radius 2 is 0.690 bits per heavy atom. The SMILES string of the molecule is C/C(Cc1nc(N(c2ccccc2)c2cccc3ccccc23)nc(N(c2ccccc2)c2cccc3ccccc23)n1)=N\C(=N/C(C)N(c1ccccc1)c1cccc2ccccc12)N(c1ccccc1)c1cccc2ccccc12.CC. The molecule has 9 heteroatoms. The lowest BCUT2D eigenvalue weighted by Gasteiger charge is -2.32. The number of guanidine groups is 1. The van der Waals surface area contributed by atoms with Crippen LogP contribution >= 0.6 is 0 Å². The van der Waals surface area contributed by atoms with Crippen LogP contribution < -0.4 is 19.6 Å². The average Bonchev–Trinajstić information content (AvgIpc) is 2.62. The van der Waals surface area contributed by atoms with E-state index in [0.717, 1.165) is 94.3 Å². The van der Waals surface area contributed by atoms with Crippen LogP contribution in [-0.2, 0) is 6.42 Å². The molecule has 0 aliphatic rings. The van der Waals surface area contributed by atoms with Gasteiger partial charge in [0.1, 0.15) is 12.0 Å². The maximum Gasteiger partial charge on any atom is 0.239 e. The summed E-state index contributed by atoms with van der Waals surface area (Å²) in [5.41, 5.74) is 8.27. The van der Waals surface area contributed by atoms with Gasteiger partial charge in [0.2, 0.25) is 17.9 Å². The summed E-state index contributed by atoms with van der Waals surface area (Å²) in [4.78, 5) is 36.9. The first-order valence-electron chi connectivity index (χ1n) is 28.7. The predicted octanol–water partition coefficient (Wildman–Crippen LogP) is 19.8. The van der Waals surface area contributed by atoms with Crippen molar-refractivity contribution in [2.24, 2.45) is 9.98 Å². The van der Waals surface area contributed by atoms with Crippen molar-refractivity contribution in [2.45, 2.75) is 40.3 Å². The lowest BCUT2D eigenvalue weighted by molar-refractivity contribution is 0.752. The van der Waals surface area contributed by atoms with Crippen molar-refractivity contribution in [3.63, 3.8) is 0 Å². The Hall–Kier alpha value is -10.8. The summed E-state index contributed by atoms with van der Waals surface area (Å²) in [5, 5.41) is 8.73. The van der Waals surface area contributed by atoms with Gasteiger partial charge < -0.3 is 4.90 Å². The van der Waals surface area contributed by atoms with E-state index < -0.39 is 6.17 Å². The van der Waals surface area contributed by atoms with Crippen LogP contribution in [0.4, 0.5) is 57.4 Å². The molecule has 0 fully saturated rings. The summed E-state index contributed by atoms with van der Waals surface area (Å²) in [6.07, 6.45) is -0.229. The fourth-order valence-corrected chi connectivity index (χ4v) is 11.1. The largest absolute Gasteiger partial charge is 0.318 e. The Morgan fingerprint density at radius 3 is 1.13 bits per heavy atom. The minimum absolute atomic E-state index is 0.246. The molecule has 1 aromatic heterocycles. The van der Waals surface area contributed by atoms with E-state index in [-0.39, 0.29) is 6.42 Å². The van der Waals surface area contributed by atoms with Gasteiger partial charge in [0.05, 0.1) is 22.7 Å². The van der Waals surface area contributed by atoms with Gasteiger partial charge >= 0.3 is 0 Å². The van der Waals surface area contributed by atoms with E-state index in [1.54, 1.807) is 0 Å². The fraction of sp³-hybridized carbons (Fsp3) is 0.0800. The van der Waals surface area contributed by atoms with Gasteiger partial charge in [-0.05, 0) is 108 Å². The molecule has 9 nitrogen and oxygen atoms in total. The molecule has 0 saturated heterocycles. The molecule has 0 radical (unpaired) electrons. The van der Waals surface area contributed by atoms with E-state index in [4.69, 9.17) is 24.9 Å². The van der Waals surface area contributed by atoms with Crippen LogP contribution in [-0.4, -0.2) is 32.8 Å². The maximum absolute atomic E-state index is 5.80. The smallest absolute Gasteiger partial charge is 0.239 e. The predicted molar refractivity (Wildman–Crippen MR) is 354 cm³/mol. The van der Waals surface area contributed by atoms with Crippen molar-refractivity contribution in [1.29, 1.82) is 0 Å². The van der Waals surface area contributed by atoms with Crippen molar-refractivity contribution >= 4 is 112 Å². The van der Waals surface area contributed by atoms with E-state index in [2.05, 4.69) is 306 Å². The highest BCUT2D eigenvalue weighted by Gasteiger charge is 2.27. The maximum atomic E-state index is 5.80. The molecule has 0 aliphatic carbocycles. The Kier molecular flexibility index (Phi) is 16.0. The number of para-hydroxylation sites is 4. The van der Waals surface area contributed by atoms with Gasteiger partial charge in [-0.2, -0.15) is 15.0 Å². The van der Waals surface area contributed by atoms with Gasteiger partial charge in [-0.25, -0.2) is 9.98 Å². The summed E-state index contributed by atoms with van der Waals surface area (Å²) in [5.74, 6) is 1.92. The second-order valence-corrected chi connectivity index (χ2v) is 20.1. The molecule has 13 aromatic rings. The molecule has 1 heterocycles. The standard InChI is InChI=1S/C73H57N9.C2H6/c1-52(74-71(80(59-37-9-4-10-38-59)67-48-24-32-55-28-16-20-44-63(55)67)75-53(2)79(58-35-7-3-8-36-58)66-47-23-31-54-27-15-19-43-62(54)66)51-70-76-72(81(60-39-11-5-12-40-60)68-49-25-33-56-29-17-21-45-64(56)68)78-73(77-70)82(61-41-13-6-14-42-61)69-50-26-34-57-30-18-22-46-65(57)69;1-2/h3-50,53H,51H2,1-2H3;1-2H3/b74-52+,75-71+;. The molecule has 0 N–H and O–H groups in total. The average molecular weight is 1090 g/mol. The molecule has 1 unspecified atom stereocenters. The van der Waals surface area contributed by atoms with E-state index in [0.29, 0.717) is 23.7 Å². The number of hydrogen-bond acceptors (Lipinski definition) is 7. The summed E-state index contributed by atoms with van der Waals surface area (Å²) >= 11 is 0. The molecule has 0 aliphatic heterocycles. The second-order valence-electron chi connectivity index (χ2n) is 20.1. The van der Waals surface area contributed by atoms with Gasteiger partial charge in [-0.1, -0.05) is 232 Å². The molecule has 84 heavy (non-hydrogen) atoms. The van der Waals surface area contributed by atoms with Gasteiger partial charge in [0.15, 0.2) is 0 Å². The molecule has 408 valence electrons. The van der Waals surface area contributed by atoms with Gasteiger partial charge in [0.25, 0.3) is 0 Å². The van der Waals surface area contributed by atoms with Crippen LogP contribution in [0.2, 0.25) is 0 Å². The Bertz CT molecular complexity index is 4280.